The van der Waals surface area contributed by atoms with Crippen molar-refractivity contribution in [1.29, 1.82) is 0 Å². The number of nitrogens with one attached hydrogen (secondary N) is 1. The van der Waals surface area contributed by atoms with Crippen molar-refractivity contribution in [3.05, 3.63) is 18.2 Å². The maximum atomic E-state index is 4.37. The lowest BCUT2D eigenvalue weighted by Gasteiger charge is -2.26. The van der Waals surface area contributed by atoms with Gasteiger partial charge in [-0.15, -0.1) is 0 Å². The van der Waals surface area contributed by atoms with Gasteiger partial charge in [-0.3, -0.25) is 0 Å². The van der Waals surface area contributed by atoms with E-state index in [1.54, 1.807) is 0 Å². The van der Waals surface area contributed by atoms with Gasteiger partial charge >= 0.3 is 0 Å². The van der Waals surface area contributed by atoms with Gasteiger partial charge in [0.05, 0.1) is 6.33 Å². The normalized spacial score (nSPS) is 22.6. The average molecular weight is 253 g/mol. The maximum absolute atomic E-state index is 4.37. The van der Waals surface area contributed by atoms with Crippen LogP contribution in [-0.4, -0.2) is 34.6 Å². The Bertz CT molecular complexity index is 312. The molecule has 96 valence electrons. The minimum Gasteiger partial charge on any atom is -0.330 e. The van der Waals surface area contributed by atoms with Gasteiger partial charge in [-0.1, -0.05) is 6.92 Å². The van der Waals surface area contributed by atoms with E-state index in [9.17, 15) is 0 Å². The topological polar surface area (TPSA) is 29.9 Å². The number of hydrogen-bond donors (Lipinski definition) is 1. The first kappa shape index (κ1) is 13.0. The van der Waals surface area contributed by atoms with Crippen LogP contribution in [0.2, 0.25) is 0 Å². The zero-order valence-electron chi connectivity index (χ0n) is 10.9. The molecule has 2 unspecified atom stereocenters. The van der Waals surface area contributed by atoms with E-state index in [-0.39, 0.29) is 0 Å². The molecule has 2 rings (SSSR count). The van der Waals surface area contributed by atoms with Crippen molar-refractivity contribution in [2.45, 2.75) is 38.1 Å². The molecule has 0 bridgehead atoms. The molecule has 0 aromatic carbocycles. The molecule has 1 saturated heterocycles. The Morgan fingerprint density at radius 2 is 2.53 bits per heavy atom. The minimum atomic E-state index is 0.601. The van der Waals surface area contributed by atoms with Crippen molar-refractivity contribution < 1.29 is 0 Å². The van der Waals surface area contributed by atoms with E-state index < -0.39 is 0 Å². The summed E-state index contributed by atoms with van der Waals surface area (Å²) in [6, 6.07) is 0.601. The first-order valence-electron chi connectivity index (χ1n) is 6.58. The zero-order valence-corrected chi connectivity index (χ0v) is 11.7. The Hall–Kier alpha value is -0.480. The SMILES string of the molecule is CCC(CSC)n1cncc1C1CCCNC1. The van der Waals surface area contributed by atoms with Crippen molar-refractivity contribution in [2.24, 2.45) is 0 Å². The first-order valence-corrected chi connectivity index (χ1v) is 7.97. The summed E-state index contributed by atoms with van der Waals surface area (Å²) in [5, 5.41) is 3.49. The number of aromatic nitrogens is 2. The molecule has 1 aromatic rings. The van der Waals surface area contributed by atoms with Crippen molar-refractivity contribution in [1.82, 2.24) is 14.9 Å². The second-order valence-corrected chi connectivity index (χ2v) is 5.70. The van der Waals surface area contributed by atoms with Gasteiger partial charge in [0, 0.05) is 36.1 Å². The summed E-state index contributed by atoms with van der Waals surface area (Å²) >= 11 is 1.92. The Balaban J connectivity index is 2.14. The molecule has 0 radical (unpaired) electrons. The number of piperidine rings is 1. The van der Waals surface area contributed by atoms with Gasteiger partial charge < -0.3 is 9.88 Å². The van der Waals surface area contributed by atoms with E-state index in [0.29, 0.717) is 12.0 Å². The number of hydrogen-bond acceptors (Lipinski definition) is 3. The highest BCUT2D eigenvalue weighted by atomic mass is 32.2. The van der Waals surface area contributed by atoms with E-state index in [4.69, 9.17) is 0 Å². The number of rotatable bonds is 5. The van der Waals surface area contributed by atoms with Gasteiger partial charge in [-0.05, 0) is 32.1 Å². The highest BCUT2D eigenvalue weighted by molar-refractivity contribution is 7.98. The van der Waals surface area contributed by atoms with Crippen molar-refractivity contribution in [3.8, 4) is 0 Å². The van der Waals surface area contributed by atoms with Crippen LogP contribution in [0.3, 0.4) is 0 Å². The molecule has 1 aromatic heterocycles. The van der Waals surface area contributed by atoms with Gasteiger partial charge in [0.15, 0.2) is 0 Å². The molecule has 1 aliphatic heterocycles. The molecular formula is C13H23N3S. The van der Waals surface area contributed by atoms with Gasteiger partial charge in [-0.25, -0.2) is 4.98 Å². The molecule has 2 heterocycles. The minimum absolute atomic E-state index is 0.601. The fourth-order valence-electron chi connectivity index (χ4n) is 2.63. The quantitative estimate of drug-likeness (QED) is 0.875. The largest absolute Gasteiger partial charge is 0.330 e. The van der Waals surface area contributed by atoms with Gasteiger partial charge in [0.1, 0.15) is 0 Å². The van der Waals surface area contributed by atoms with E-state index in [1.165, 1.54) is 37.3 Å². The molecule has 17 heavy (non-hydrogen) atoms. The van der Waals surface area contributed by atoms with Crippen molar-refractivity contribution >= 4 is 11.8 Å². The highest BCUT2D eigenvalue weighted by Gasteiger charge is 2.21. The molecule has 1 aliphatic rings. The van der Waals surface area contributed by atoms with E-state index in [0.717, 1.165) is 6.54 Å². The Morgan fingerprint density at radius 3 is 3.18 bits per heavy atom. The Morgan fingerprint density at radius 1 is 1.65 bits per heavy atom. The third kappa shape index (κ3) is 3.05. The molecule has 3 nitrogen and oxygen atoms in total. The van der Waals surface area contributed by atoms with Crippen LogP contribution >= 0.6 is 11.8 Å². The summed E-state index contributed by atoms with van der Waals surface area (Å²) in [6.45, 7) is 4.55. The van der Waals surface area contributed by atoms with Crippen LogP contribution in [0.15, 0.2) is 12.5 Å². The molecular weight excluding hydrogens is 230 g/mol. The average Bonchev–Trinajstić information content (AvgIpc) is 2.86. The fraction of sp³-hybridized carbons (Fsp3) is 0.769. The van der Waals surface area contributed by atoms with E-state index in [1.807, 2.05) is 18.1 Å². The number of thioether (sulfide) groups is 1. The van der Waals surface area contributed by atoms with Crippen LogP contribution in [0, 0.1) is 0 Å². The summed E-state index contributed by atoms with van der Waals surface area (Å²) < 4.78 is 2.41. The third-order valence-corrected chi connectivity index (χ3v) is 4.35. The van der Waals surface area contributed by atoms with Gasteiger partial charge in [0.2, 0.25) is 0 Å². The summed E-state index contributed by atoms with van der Waals surface area (Å²) in [7, 11) is 0. The van der Waals surface area contributed by atoms with Crippen molar-refractivity contribution in [2.75, 3.05) is 25.1 Å². The first-order chi connectivity index (χ1) is 8.36. The molecule has 1 fully saturated rings. The van der Waals surface area contributed by atoms with Crippen LogP contribution in [0.4, 0.5) is 0 Å². The smallest absolute Gasteiger partial charge is 0.0951 e. The molecule has 4 heteroatoms. The Labute approximate surface area is 108 Å². The summed E-state index contributed by atoms with van der Waals surface area (Å²) in [5.41, 5.74) is 1.43. The van der Waals surface area contributed by atoms with Crippen LogP contribution in [0.1, 0.15) is 43.8 Å². The van der Waals surface area contributed by atoms with E-state index in [2.05, 4.69) is 34.2 Å². The highest BCUT2D eigenvalue weighted by Crippen LogP contribution is 2.27. The molecule has 1 N–H and O–H groups in total. The monoisotopic (exact) mass is 253 g/mol. The van der Waals surface area contributed by atoms with Crippen LogP contribution in [-0.2, 0) is 0 Å². The van der Waals surface area contributed by atoms with Crippen LogP contribution in [0.5, 0.6) is 0 Å². The molecule has 0 amide bonds. The Kier molecular flexibility index (Phi) is 4.92. The third-order valence-electron chi connectivity index (χ3n) is 3.63. The molecule has 0 saturated carbocycles. The van der Waals surface area contributed by atoms with Gasteiger partial charge in [0.25, 0.3) is 0 Å². The molecule has 0 aliphatic carbocycles. The molecule has 2 atom stereocenters. The lowest BCUT2D eigenvalue weighted by Crippen LogP contribution is -2.30. The molecule has 0 spiro atoms. The lowest BCUT2D eigenvalue weighted by molar-refractivity contribution is 0.423. The zero-order chi connectivity index (χ0) is 12.1. The standard InChI is InChI=1S/C13H23N3S/c1-3-12(9-17-2)16-10-15-8-13(16)11-5-4-6-14-7-11/h8,10-12,14H,3-7,9H2,1-2H3. The van der Waals surface area contributed by atoms with Crippen LogP contribution in [0.25, 0.3) is 0 Å². The predicted molar refractivity (Wildman–Crippen MR) is 74.8 cm³/mol. The number of nitrogens with zero attached hydrogens (tertiary/aromatic N) is 2. The lowest BCUT2D eigenvalue weighted by atomic mass is 9.96. The maximum Gasteiger partial charge on any atom is 0.0951 e. The second kappa shape index (κ2) is 6.45. The summed E-state index contributed by atoms with van der Waals surface area (Å²) in [4.78, 5) is 4.37. The second-order valence-electron chi connectivity index (χ2n) is 4.79. The van der Waals surface area contributed by atoms with Crippen LogP contribution < -0.4 is 5.32 Å². The predicted octanol–water partition coefficient (Wildman–Crippen LogP) is 2.66. The summed E-state index contributed by atoms with van der Waals surface area (Å²) in [5.74, 6) is 1.84. The summed E-state index contributed by atoms with van der Waals surface area (Å²) in [6.07, 6.45) is 10.0. The number of imidazole rings is 1. The van der Waals surface area contributed by atoms with Crippen molar-refractivity contribution in [3.63, 3.8) is 0 Å². The fourth-order valence-corrected chi connectivity index (χ4v) is 3.41. The van der Waals surface area contributed by atoms with Gasteiger partial charge in [-0.2, -0.15) is 11.8 Å². The van der Waals surface area contributed by atoms with E-state index >= 15 is 0 Å².